The van der Waals surface area contributed by atoms with Crippen LogP contribution in [-0.2, 0) is 19.6 Å². The molecule has 26 heavy (non-hydrogen) atoms. The fraction of sp³-hybridized carbons (Fsp3) is 0.562. The Balaban J connectivity index is 1.72. The number of hydrogen-bond acceptors (Lipinski definition) is 7. The van der Waals surface area contributed by atoms with Gasteiger partial charge in [0.1, 0.15) is 11.7 Å². The SMILES string of the molecule is COC(=O)C1C(C)NNC1S(=O)(=O)N1CCN(c2ccccc2F)CC1. The molecule has 3 unspecified atom stereocenters. The number of nitrogens with one attached hydrogen (secondary N) is 2. The van der Waals surface area contributed by atoms with E-state index in [-0.39, 0.29) is 24.9 Å². The summed E-state index contributed by atoms with van der Waals surface area (Å²) < 4.78 is 46.0. The van der Waals surface area contributed by atoms with Crippen molar-refractivity contribution in [1.82, 2.24) is 15.2 Å². The number of carbonyl (C=O) groups is 1. The lowest BCUT2D eigenvalue weighted by atomic mass is 10.0. The fourth-order valence-electron chi connectivity index (χ4n) is 3.43. The van der Waals surface area contributed by atoms with Crippen LogP contribution in [0.1, 0.15) is 6.92 Å². The molecule has 0 bridgehead atoms. The van der Waals surface area contributed by atoms with Gasteiger partial charge < -0.3 is 9.64 Å². The summed E-state index contributed by atoms with van der Waals surface area (Å²) in [5, 5.41) is -1.09. The Morgan fingerprint density at radius 2 is 1.85 bits per heavy atom. The summed E-state index contributed by atoms with van der Waals surface area (Å²) in [6.07, 6.45) is 0. The Hall–Kier alpha value is -1.75. The molecule has 2 N–H and O–H groups in total. The third-order valence-electron chi connectivity index (χ3n) is 4.90. The van der Waals surface area contributed by atoms with Crippen molar-refractivity contribution in [2.45, 2.75) is 18.3 Å². The van der Waals surface area contributed by atoms with E-state index in [1.807, 2.05) is 4.90 Å². The first-order valence-electron chi connectivity index (χ1n) is 8.43. The molecule has 10 heteroatoms. The molecule has 2 aliphatic rings. The Morgan fingerprint density at radius 3 is 2.46 bits per heavy atom. The molecule has 0 aliphatic carbocycles. The average molecular weight is 386 g/mol. The van der Waals surface area contributed by atoms with Crippen LogP contribution in [0.3, 0.4) is 0 Å². The largest absolute Gasteiger partial charge is 0.469 e. The zero-order valence-electron chi connectivity index (χ0n) is 14.7. The van der Waals surface area contributed by atoms with Crippen molar-refractivity contribution in [2.24, 2.45) is 5.92 Å². The molecule has 2 heterocycles. The number of sulfonamides is 1. The van der Waals surface area contributed by atoms with E-state index in [1.54, 1.807) is 25.1 Å². The van der Waals surface area contributed by atoms with Crippen LogP contribution in [0.5, 0.6) is 0 Å². The number of rotatable bonds is 4. The number of hydrogen-bond donors (Lipinski definition) is 2. The van der Waals surface area contributed by atoms with Crippen LogP contribution in [0.2, 0.25) is 0 Å². The first kappa shape index (κ1) is 19.0. The second-order valence-electron chi connectivity index (χ2n) is 6.43. The van der Waals surface area contributed by atoms with Gasteiger partial charge in [-0.1, -0.05) is 12.1 Å². The molecule has 0 spiro atoms. The van der Waals surface area contributed by atoms with Crippen molar-refractivity contribution >= 4 is 21.7 Å². The van der Waals surface area contributed by atoms with Gasteiger partial charge >= 0.3 is 5.97 Å². The van der Waals surface area contributed by atoms with Gasteiger partial charge in [0.2, 0.25) is 10.0 Å². The number of halogens is 1. The smallest absolute Gasteiger partial charge is 0.313 e. The molecule has 0 amide bonds. The van der Waals surface area contributed by atoms with Crippen molar-refractivity contribution < 1.29 is 22.3 Å². The second kappa shape index (κ2) is 7.47. The zero-order valence-corrected chi connectivity index (χ0v) is 15.5. The highest BCUT2D eigenvalue weighted by molar-refractivity contribution is 7.89. The number of methoxy groups -OCH3 is 1. The maximum absolute atomic E-state index is 13.9. The van der Waals surface area contributed by atoms with E-state index in [1.165, 1.54) is 17.5 Å². The van der Waals surface area contributed by atoms with E-state index in [9.17, 15) is 17.6 Å². The molecule has 3 atom stereocenters. The number of anilines is 1. The third kappa shape index (κ3) is 3.41. The van der Waals surface area contributed by atoms with Crippen molar-refractivity contribution in [1.29, 1.82) is 0 Å². The molecule has 0 aromatic heterocycles. The monoisotopic (exact) mass is 386 g/mol. The highest BCUT2D eigenvalue weighted by Crippen LogP contribution is 2.26. The van der Waals surface area contributed by atoms with Gasteiger partial charge in [-0.2, -0.15) is 4.31 Å². The quantitative estimate of drug-likeness (QED) is 0.698. The summed E-state index contributed by atoms with van der Waals surface area (Å²) in [6, 6.07) is 6.05. The number of nitrogens with zero attached hydrogens (tertiary/aromatic N) is 2. The van der Waals surface area contributed by atoms with Crippen molar-refractivity contribution in [2.75, 3.05) is 38.2 Å². The number of esters is 1. The zero-order chi connectivity index (χ0) is 18.9. The average Bonchev–Trinajstić information content (AvgIpc) is 3.04. The highest BCUT2D eigenvalue weighted by Gasteiger charge is 2.49. The molecule has 3 rings (SSSR count). The Kier molecular flexibility index (Phi) is 5.47. The van der Waals surface area contributed by atoms with Crippen LogP contribution in [0, 0.1) is 11.7 Å². The van der Waals surface area contributed by atoms with Gasteiger partial charge in [0.15, 0.2) is 5.37 Å². The summed E-state index contributed by atoms with van der Waals surface area (Å²) in [5.74, 6) is -1.74. The first-order valence-corrected chi connectivity index (χ1v) is 9.94. The predicted molar refractivity (Wildman–Crippen MR) is 94.1 cm³/mol. The molecule has 0 saturated carbocycles. The molecule has 1 aromatic rings. The summed E-state index contributed by atoms with van der Waals surface area (Å²) in [4.78, 5) is 13.8. The molecule has 2 fully saturated rings. The van der Waals surface area contributed by atoms with Crippen molar-refractivity contribution in [3.05, 3.63) is 30.1 Å². The maximum Gasteiger partial charge on any atom is 0.313 e. The molecular weight excluding hydrogens is 363 g/mol. The minimum Gasteiger partial charge on any atom is -0.469 e. The van der Waals surface area contributed by atoms with Crippen LogP contribution >= 0.6 is 0 Å². The van der Waals surface area contributed by atoms with E-state index in [0.717, 1.165) is 0 Å². The van der Waals surface area contributed by atoms with E-state index in [0.29, 0.717) is 18.8 Å². The minimum absolute atomic E-state index is 0.219. The number of ether oxygens (including phenoxy) is 1. The third-order valence-corrected chi connectivity index (χ3v) is 7.04. The Labute approximate surface area is 152 Å². The van der Waals surface area contributed by atoms with Gasteiger partial charge in [-0.05, 0) is 19.1 Å². The van der Waals surface area contributed by atoms with Gasteiger partial charge in [0.05, 0.1) is 12.8 Å². The molecular formula is C16H23FN4O4S. The molecule has 144 valence electrons. The molecule has 1 aromatic carbocycles. The van der Waals surface area contributed by atoms with Gasteiger partial charge in [-0.15, -0.1) is 0 Å². The van der Waals surface area contributed by atoms with E-state index in [2.05, 4.69) is 10.9 Å². The number of para-hydroxylation sites is 1. The standard InChI is InChI=1S/C16H23FN4O4S/c1-11-14(16(22)25-2)15(19-18-11)26(23,24)21-9-7-20(8-10-21)13-6-4-3-5-12(13)17/h3-6,11,14-15,18-19H,7-10H2,1-2H3. The van der Waals surface area contributed by atoms with Gasteiger partial charge in [-0.25, -0.2) is 18.2 Å². The van der Waals surface area contributed by atoms with Crippen LogP contribution in [0.25, 0.3) is 0 Å². The minimum atomic E-state index is -3.78. The highest BCUT2D eigenvalue weighted by atomic mass is 32.2. The molecule has 8 nitrogen and oxygen atoms in total. The molecule has 2 aliphatic heterocycles. The van der Waals surface area contributed by atoms with Crippen LogP contribution in [-0.4, -0.2) is 63.4 Å². The summed E-state index contributed by atoms with van der Waals surface area (Å²) >= 11 is 0. The number of benzene rings is 1. The first-order chi connectivity index (χ1) is 12.4. The van der Waals surface area contributed by atoms with Crippen LogP contribution in [0.15, 0.2) is 24.3 Å². The lowest BCUT2D eigenvalue weighted by Crippen LogP contribution is -2.55. The lowest BCUT2D eigenvalue weighted by molar-refractivity contribution is -0.145. The summed E-state index contributed by atoms with van der Waals surface area (Å²) in [6.45, 7) is 2.91. The van der Waals surface area contributed by atoms with Gasteiger partial charge in [0.25, 0.3) is 0 Å². The van der Waals surface area contributed by atoms with Crippen LogP contribution < -0.4 is 15.8 Å². The number of hydrazine groups is 1. The Bertz CT molecular complexity index is 767. The van der Waals surface area contributed by atoms with Gasteiger partial charge in [-0.3, -0.25) is 10.2 Å². The van der Waals surface area contributed by atoms with Gasteiger partial charge in [0, 0.05) is 32.2 Å². The van der Waals surface area contributed by atoms with E-state index < -0.39 is 27.3 Å². The van der Waals surface area contributed by atoms with Crippen molar-refractivity contribution in [3.63, 3.8) is 0 Å². The predicted octanol–water partition coefficient (Wildman–Crippen LogP) is -0.111. The van der Waals surface area contributed by atoms with Crippen molar-refractivity contribution in [3.8, 4) is 0 Å². The fourth-order valence-corrected chi connectivity index (χ4v) is 5.36. The molecule has 2 saturated heterocycles. The maximum atomic E-state index is 13.9. The normalized spacial score (nSPS) is 27.5. The summed E-state index contributed by atoms with van der Waals surface area (Å²) in [7, 11) is -2.54. The number of piperazine rings is 1. The van der Waals surface area contributed by atoms with Crippen LogP contribution in [0.4, 0.5) is 10.1 Å². The topological polar surface area (TPSA) is 91.0 Å². The van der Waals surface area contributed by atoms with E-state index >= 15 is 0 Å². The second-order valence-corrected chi connectivity index (χ2v) is 8.48. The van der Waals surface area contributed by atoms with E-state index in [4.69, 9.17) is 4.74 Å². The lowest BCUT2D eigenvalue weighted by Gasteiger charge is -2.37. The Morgan fingerprint density at radius 1 is 1.19 bits per heavy atom. The molecule has 0 radical (unpaired) electrons. The number of carbonyl (C=O) groups excluding carboxylic acids is 1. The summed E-state index contributed by atoms with van der Waals surface area (Å²) in [5.41, 5.74) is 5.98.